The number of pyridine rings is 1. The van der Waals surface area contributed by atoms with Crippen molar-refractivity contribution in [2.45, 2.75) is 0 Å². The Morgan fingerprint density at radius 1 is 1.00 bits per heavy atom. The molecule has 0 radical (unpaired) electrons. The van der Waals surface area contributed by atoms with Crippen LogP contribution in [0.25, 0.3) is 21.8 Å². The molecule has 0 spiro atoms. The number of rotatable bonds is 1. The summed E-state index contributed by atoms with van der Waals surface area (Å²) in [4.78, 5) is 4.58. The first-order valence-electron chi connectivity index (χ1n) is 5.32. The summed E-state index contributed by atoms with van der Waals surface area (Å²) in [6, 6.07) is 13.6. The van der Waals surface area contributed by atoms with Crippen LogP contribution in [-0.4, -0.2) is 12.1 Å². The molecule has 84 valence electrons. The summed E-state index contributed by atoms with van der Waals surface area (Å²) in [6.45, 7) is 0. The van der Waals surface area contributed by atoms with E-state index in [1.807, 2.05) is 42.5 Å². The summed E-state index contributed by atoms with van der Waals surface area (Å²) in [5.41, 5.74) is 1.76. The number of halogens is 1. The molecular weight excluding hydrogens is 234 g/mol. The van der Waals surface area contributed by atoms with Gasteiger partial charge in [-0.2, -0.15) is 0 Å². The Morgan fingerprint density at radius 3 is 2.59 bits per heavy atom. The maximum Gasteiger partial charge on any atom is 0.129 e. The summed E-state index contributed by atoms with van der Waals surface area (Å²) in [5, 5.41) is 2.52. The van der Waals surface area contributed by atoms with Crippen molar-refractivity contribution in [1.29, 1.82) is 0 Å². The lowest BCUT2D eigenvalue weighted by atomic mass is 10.1. The molecule has 0 N–H and O–H groups in total. The van der Waals surface area contributed by atoms with Crippen molar-refractivity contribution in [2.75, 3.05) is 7.11 Å². The van der Waals surface area contributed by atoms with Gasteiger partial charge in [0.15, 0.2) is 0 Å². The fourth-order valence-electron chi connectivity index (χ4n) is 2.02. The first-order chi connectivity index (χ1) is 8.31. The molecule has 0 amide bonds. The van der Waals surface area contributed by atoms with Gasteiger partial charge in [-0.15, -0.1) is 0 Å². The second-order valence-electron chi connectivity index (χ2n) is 3.80. The molecule has 0 fully saturated rings. The predicted molar refractivity (Wildman–Crippen MR) is 70.8 cm³/mol. The fourth-order valence-corrected chi connectivity index (χ4v) is 2.37. The van der Waals surface area contributed by atoms with Crippen molar-refractivity contribution in [3.8, 4) is 5.75 Å². The number of ether oxygens (including phenoxy) is 1. The van der Waals surface area contributed by atoms with Gasteiger partial charge in [0.25, 0.3) is 0 Å². The van der Waals surface area contributed by atoms with Gasteiger partial charge in [0, 0.05) is 5.39 Å². The van der Waals surface area contributed by atoms with Gasteiger partial charge in [-0.3, -0.25) is 0 Å². The molecule has 3 heteroatoms. The molecule has 0 aliphatic carbocycles. The van der Waals surface area contributed by atoms with Gasteiger partial charge in [-0.1, -0.05) is 35.9 Å². The molecule has 0 saturated carbocycles. The van der Waals surface area contributed by atoms with Crippen molar-refractivity contribution in [3.05, 3.63) is 47.5 Å². The summed E-state index contributed by atoms with van der Waals surface area (Å²) in [6.07, 6.45) is 0. The molecule has 2 aromatic carbocycles. The van der Waals surface area contributed by atoms with Crippen molar-refractivity contribution >= 4 is 33.4 Å². The van der Waals surface area contributed by atoms with Crippen LogP contribution >= 0.6 is 11.6 Å². The first kappa shape index (κ1) is 10.4. The highest BCUT2D eigenvalue weighted by atomic mass is 35.5. The number of nitrogens with zero attached hydrogens (tertiary/aromatic N) is 1. The lowest BCUT2D eigenvalue weighted by Gasteiger charge is -2.08. The maximum atomic E-state index is 6.44. The number of hydrogen-bond acceptors (Lipinski definition) is 2. The van der Waals surface area contributed by atoms with Gasteiger partial charge in [0.1, 0.15) is 5.75 Å². The number of aromatic nitrogens is 1. The van der Waals surface area contributed by atoms with Crippen LogP contribution in [0.5, 0.6) is 5.75 Å². The SMILES string of the molecule is COc1cccc2nc3ccccc3c(Cl)c12. The Bertz CT molecular complexity index is 709. The number of methoxy groups -OCH3 is 1. The molecule has 1 aromatic heterocycles. The van der Waals surface area contributed by atoms with Crippen LogP contribution in [0.1, 0.15) is 0 Å². The third-order valence-corrected chi connectivity index (χ3v) is 3.22. The molecule has 3 rings (SSSR count). The highest BCUT2D eigenvalue weighted by Gasteiger charge is 2.10. The lowest BCUT2D eigenvalue weighted by Crippen LogP contribution is -1.89. The fraction of sp³-hybridized carbons (Fsp3) is 0.0714. The summed E-state index contributed by atoms with van der Waals surface area (Å²) in [5.74, 6) is 0.755. The summed E-state index contributed by atoms with van der Waals surface area (Å²) in [7, 11) is 1.64. The maximum absolute atomic E-state index is 6.44. The zero-order chi connectivity index (χ0) is 11.8. The monoisotopic (exact) mass is 243 g/mol. The quantitative estimate of drug-likeness (QED) is 0.602. The average molecular weight is 244 g/mol. The molecular formula is C14H10ClNO. The molecule has 0 bridgehead atoms. The third-order valence-electron chi connectivity index (χ3n) is 2.83. The van der Waals surface area contributed by atoms with Crippen LogP contribution in [0.4, 0.5) is 0 Å². The van der Waals surface area contributed by atoms with Gasteiger partial charge in [0.2, 0.25) is 0 Å². The molecule has 0 aliphatic heterocycles. The van der Waals surface area contributed by atoms with Gasteiger partial charge < -0.3 is 4.74 Å². The van der Waals surface area contributed by atoms with Crippen LogP contribution in [-0.2, 0) is 0 Å². The van der Waals surface area contributed by atoms with E-state index < -0.39 is 0 Å². The number of para-hydroxylation sites is 1. The Hall–Kier alpha value is -1.80. The van der Waals surface area contributed by atoms with Crippen LogP contribution in [0.15, 0.2) is 42.5 Å². The smallest absolute Gasteiger partial charge is 0.129 e. The second-order valence-corrected chi connectivity index (χ2v) is 4.18. The van der Waals surface area contributed by atoms with E-state index >= 15 is 0 Å². The Kier molecular flexibility index (Phi) is 2.37. The Balaban J connectivity index is 2.55. The summed E-state index contributed by atoms with van der Waals surface area (Å²) < 4.78 is 5.33. The van der Waals surface area contributed by atoms with Gasteiger partial charge in [-0.25, -0.2) is 4.98 Å². The highest BCUT2D eigenvalue weighted by molar-refractivity contribution is 6.40. The van der Waals surface area contributed by atoms with E-state index in [1.165, 1.54) is 0 Å². The minimum Gasteiger partial charge on any atom is -0.496 e. The number of hydrogen-bond donors (Lipinski definition) is 0. The van der Waals surface area contributed by atoms with Gasteiger partial charge in [-0.05, 0) is 18.2 Å². The summed E-state index contributed by atoms with van der Waals surface area (Å²) >= 11 is 6.44. The van der Waals surface area contributed by atoms with Crippen molar-refractivity contribution < 1.29 is 4.74 Å². The van der Waals surface area contributed by atoms with Crippen LogP contribution in [0.2, 0.25) is 5.02 Å². The standard InChI is InChI=1S/C14H10ClNO/c1-17-12-8-4-7-11-13(12)14(15)9-5-2-3-6-10(9)16-11/h2-8H,1H3. The van der Waals surface area contributed by atoms with E-state index in [9.17, 15) is 0 Å². The number of benzene rings is 2. The zero-order valence-corrected chi connectivity index (χ0v) is 10.0. The molecule has 0 atom stereocenters. The third kappa shape index (κ3) is 1.53. The molecule has 2 nitrogen and oxygen atoms in total. The van der Waals surface area contributed by atoms with E-state index in [2.05, 4.69) is 4.98 Å². The van der Waals surface area contributed by atoms with E-state index in [1.54, 1.807) is 7.11 Å². The first-order valence-corrected chi connectivity index (χ1v) is 5.70. The normalized spacial score (nSPS) is 10.9. The highest BCUT2D eigenvalue weighted by Crippen LogP contribution is 2.35. The largest absolute Gasteiger partial charge is 0.496 e. The minimum absolute atomic E-state index is 0.697. The molecule has 0 unspecified atom stereocenters. The van der Waals surface area contributed by atoms with Gasteiger partial charge in [0.05, 0.1) is 28.6 Å². The second kappa shape index (κ2) is 3.90. The zero-order valence-electron chi connectivity index (χ0n) is 9.27. The minimum atomic E-state index is 0.697. The van der Waals surface area contributed by atoms with Crippen LogP contribution in [0.3, 0.4) is 0 Å². The molecule has 3 aromatic rings. The number of fused-ring (bicyclic) bond motifs is 2. The van der Waals surface area contributed by atoms with E-state index in [4.69, 9.17) is 16.3 Å². The van der Waals surface area contributed by atoms with E-state index in [0.29, 0.717) is 5.02 Å². The predicted octanol–water partition coefficient (Wildman–Crippen LogP) is 4.05. The average Bonchev–Trinajstić information content (AvgIpc) is 2.38. The van der Waals surface area contributed by atoms with Crippen molar-refractivity contribution in [2.24, 2.45) is 0 Å². The van der Waals surface area contributed by atoms with Crippen LogP contribution < -0.4 is 4.74 Å². The molecule has 0 saturated heterocycles. The molecule has 1 heterocycles. The Morgan fingerprint density at radius 2 is 1.76 bits per heavy atom. The van der Waals surface area contributed by atoms with Crippen molar-refractivity contribution in [1.82, 2.24) is 4.98 Å². The van der Waals surface area contributed by atoms with E-state index in [0.717, 1.165) is 27.6 Å². The van der Waals surface area contributed by atoms with Crippen molar-refractivity contribution in [3.63, 3.8) is 0 Å². The van der Waals surface area contributed by atoms with Gasteiger partial charge >= 0.3 is 0 Å². The van der Waals surface area contributed by atoms with Crippen LogP contribution in [0, 0.1) is 0 Å². The molecule has 0 aliphatic rings. The lowest BCUT2D eigenvalue weighted by molar-refractivity contribution is 0.420. The molecule has 17 heavy (non-hydrogen) atoms. The van der Waals surface area contributed by atoms with E-state index in [-0.39, 0.29) is 0 Å². The Labute approximate surface area is 104 Å². The topological polar surface area (TPSA) is 22.1 Å².